The molecule has 3 rings (SSSR count). The van der Waals surface area contributed by atoms with Gasteiger partial charge in [-0.1, -0.05) is 17.2 Å². The first kappa shape index (κ1) is 17.1. The van der Waals surface area contributed by atoms with Gasteiger partial charge in [0.25, 0.3) is 0 Å². The van der Waals surface area contributed by atoms with Gasteiger partial charge >= 0.3 is 6.09 Å². The van der Waals surface area contributed by atoms with Crippen molar-refractivity contribution in [2.24, 2.45) is 17.0 Å². The quantitative estimate of drug-likeness (QED) is 0.515. The summed E-state index contributed by atoms with van der Waals surface area (Å²) in [6, 6.07) is 8.88. The maximum atomic E-state index is 11.2. The molecule has 2 aliphatic heterocycles. The van der Waals surface area contributed by atoms with E-state index in [1.807, 2.05) is 12.1 Å². The highest BCUT2D eigenvalue weighted by Gasteiger charge is 2.36. The van der Waals surface area contributed by atoms with Crippen molar-refractivity contribution < 1.29 is 9.90 Å². The van der Waals surface area contributed by atoms with Gasteiger partial charge in [-0.2, -0.15) is 5.26 Å². The SMILES string of the molecule is N#Cc1ccc(C(CN2CC3CC(C2)CN(C(=O)O)C3)N=[N+]=[N-])cc1. The molecule has 0 saturated carbocycles. The van der Waals surface area contributed by atoms with Crippen molar-refractivity contribution in [3.8, 4) is 6.07 Å². The molecular weight excluding hydrogens is 320 g/mol. The number of fused-ring (bicyclic) bond motifs is 2. The molecule has 3 atom stereocenters. The number of nitrogens with zero attached hydrogens (tertiary/aromatic N) is 6. The summed E-state index contributed by atoms with van der Waals surface area (Å²) in [5.41, 5.74) is 10.4. The highest BCUT2D eigenvalue weighted by molar-refractivity contribution is 5.65. The average Bonchev–Trinajstić information content (AvgIpc) is 2.60. The van der Waals surface area contributed by atoms with Crippen LogP contribution in [0, 0.1) is 23.2 Å². The van der Waals surface area contributed by atoms with E-state index in [2.05, 4.69) is 21.0 Å². The molecule has 2 aliphatic rings. The van der Waals surface area contributed by atoms with Crippen LogP contribution in [-0.4, -0.2) is 53.7 Å². The van der Waals surface area contributed by atoms with Crippen molar-refractivity contribution >= 4 is 6.09 Å². The van der Waals surface area contributed by atoms with E-state index < -0.39 is 6.09 Å². The third-order valence-electron chi connectivity index (χ3n) is 4.97. The maximum Gasteiger partial charge on any atom is 0.407 e. The number of hydrogen-bond acceptors (Lipinski definition) is 4. The minimum absolute atomic E-state index is 0.313. The molecule has 2 saturated heterocycles. The number of amides is 1. The lowest BCUT2D eigenvalue weighted by Gasteiger charge is -2.45. The topological polar surface area (TPSA) is 116 Å². The van der Waals surface area contributed by atoms with Gasteiger partial charge in [-0.05, 0) is 41.5 Å². The van der Waals surface area contributed by atoms with Crippen molar-refractivity contribution in [3.05, 3.63) is 45.8 Å². The van der Waals surface area contributed by atoms with E-state index in [0.717, 1.165) is 25.1 Å². The summed E-state index contributed by atoms with van der Waals surface area (Å²) in [5.74, 6) is 0.660. The van der Waals surface area contributed by atoms with Crippen molar-refractivity contribution in [1.29, 1.82) is 5.26 Å². The Kier molecular flexibility index (Phi) is 5.08. The first-order valence-electron chi connectivity index (χ1n) is 8.33. The second-order valence-electron chi connectivity index (χ2n) is 6.83. The van der Waals surface area contributed by atoms with Crippen LogP contribution in [0.1, 0.15) is 23.6 Å². The number of hydrogen-bond donors (Lipinski definition) is 1. The smallest absolute Gasteiger partial charge is 0.407 e. The lowest BCUT2D eigenvalue weighted by molar-refractivity contribution is 0.0313. The molecule has 1 aromatic carbocycles. The van der Waals surface area contributed by atoms with E-state index in [9.17, 15) is 9.90 Å². The van der Waals surface area contributed by atoms with Gasteiger partial charge in [-0.25, -0.2) is 4.79 Å². The van der Waals surface area contributed by atoms with Gasteiger partial charge in [0.15, 0.2) is 0 Å². The Morgan fingerprint density at radius 1 is 1.32 bits per heavy atom. The van der Waals surface area contributed by atoms with Crippen molar-refractivity contribution in [1.82, 2.24) is 9.80 Å². The second kappa shape index (κ2) is 7.43. The zero-order valence-electron chi connectivity index (χ0n) is 13.8. The predicted molar refractivity (Wildman–Crippen MR) is 90.7 cm³/mol. The molecule has 2 fully saturated rings. The van der Waals surface area contributed by atoms with Gasteiger partial charge in [0, 0.05) is 37.6 Å². The number of carboxylic acid groups (broad SMARTS) is 1. The fraction of sp³-hybridized carbons (Fsp3) is 0.529. The van der Waals surface area contributed by atoms with Crippen LogP contribution in [0.15, 0.2) is 29.4 Å². The van der Waals surface area contributed by atoms with Gasteiger partial charge in [0.1, 0.15) is 0 Å². The number of rotatable bonds is 4. The van der Waals surface area contributed by atoms with E-state index in [4.69, 9.17) is 10.8 Å². The van der Waals surface area contributed by atoms with Gasteiger partial charge < -0.3 is 14.9 Å². The number of carbonyl (C=O) groups is 1. The van der Waals surface area contributed by atoms with Crippen LogP contribution in [0.5, 0.6) is 0 Å². The second-order valence-corrected chi connectivity index (χ2v) is 6.83. The lowest BCUT2D eigenvalue weighted by Crippen LogP contribution is -2.54. The molecule has 0 aromatic heterocycles. The monoisotopic (exact) mass is 340 g/mol. The third kappa shape index (κ3) is 4.02. The molecule has 0 aliphatic carbocycles. The molecule has 130 valence electrons. The summed E-state index contributed by atoms with van der Waals surface area (Å²) in [6.07, 6.45) is 0.219. The first-order valence-corrected chi connectivity index (χ1v) is 8.33. The molecular formula is C17H20N6O2. The molecule has 3 unspecified atom stereocenters. The molecule has 0 spiro atoms. The normalized spacial score (nSPS) is 24.0. The standard InChI is InChI=1S/C17H20N6O2/c18-6-12-1-3-15(4-2-12)16(20-21-19)11-22-7-13-5-14(8-22)10-23(9-13)17(24)25/h1-4,13-14,16H,5,7-11H2,(H,24,25). The number of likely N-dealkylation sites (tertiary alicyclic amines) is 2. The fourth-order valence-corrected chi connectivity index (χ4v) is 3.99. The Morgan fingerprint density at radius 2 is 1.96 bits per heavy atom. The summed E-state index contributed by atoms with van der Waals surface area (Å²) in [4.78, 5) is 18.0. The Morgan fingerprint density at radius 3 is 2.48 bits per heavy atom. The largest absolute Gasteiger partial charge is 0.465 e. The zero-order chi connectivity index (χ0) is 17.8. The predicted octanol–water partition coefficient (Wildman–Crippen LogP) is 2.84. The van der Waals surface area contributed by atoms with E-state index in [0.29, 0.717) is 37.0 Å². The summed E-state index contributed by atoms with van der Waals surface area (Å²) < 4.78 is 0. The molecule has 25 heavy (non-hydrogen) atoms. The number of piperidine rings is 2. The van der Waals surface area contributed by atoms with Crippen molar-refractivity contribution in [2.45, 2.75) is 12.5 Å². The van der Waals surface area contributed by atoms with Crippen molar-refractivity contribution in [2.75, 3.05) is 32.7 Å². The van der Waals surface area contributed by atoms with Gasteiger partial charge in [-0.15, -0.1) is 0 Å². The Bertz CT molecular complexity index is 708. The van der Waals surface area contributed by atoms with Crippen LogP contribution < -0.4 is 0 Å². The minimum Gasteiger partial charge on any atom is -0.465 e. The molecule has 1 aromatic rings. The summed E-state index contributed by atoms with van der Waals surface area (Å²) in [5, 5.41) is 22.0. The van der Waals surface area contributed by atoms with Crippen LogP contribution >= 0.6 is 0 Å². The molecule has 0 radical (unpaired) electrons. The summed E-state index contributed by atoms with van der Waals surface area (Å²) >= 11 is 0. The lowest BCUT2D eigenvalue weighted by atomic mass is 9.84. The Hall–Kier alpha value is -2.75. The third-order valence-corrected chi connectivity index (χ3v) is 4.97. The van der Waals surface area contributed by atoms with Crippen molar-refractivity contribution in [3.63, 3.8) is 0 Å². The number of azide groups is 1. The molecule has 8 nitrogen and oxygen atoms in total. The van der Waals surface area contributed by atoms with E-state index in [-0.39, 0.29) is 6.04 Å². The van der Waals surface area contributed by atoms with Crippen LogP contribution in [0.4, 0.5) is 4.79 Å². The maximum absolute atomic E-state index is 11.2. The van der Waals surface area contributed by atoms with Gasteiger partial charge in [0.05, 0.1) is 17.7 Å². The van der Waals surface area contributed by atoms with E-state index in [1.54, 1.807) is 12.1 Å². The summed E-state index contributed by atoms with van der Waals surface area (Å²) in [7, 11) is 0. The summed E-state index contributed by atoms with van der Waals surface area (Å²) in [6.45, 7) is 3.38. The Labute approximate surface area is 145 Å². The number of benzene rings is 1. The fourth-order valence-electron chi connectivity index (χ4n) is 3.99. The highest BCUT2D eigenvalue weighted by Crippen LogP contribution is 2.30. The molecule has 2 heterocycles. The van der Waals surface area contributed by atoms with Crippen LogP contribution in [0.2, 0.25) is 0 Å². The molecule has 1 amide bonds. The van der Waals surface area contributed by atoms with E-state index in [1.165, 1.54) is 4.90 Å². The van der Waals surface area contributed by atoms with Gasteiger partial charge in [0.2, 0.25) is 0 Å². The first-order chi connectivity index (χ1) is 12.1. The zero-order valence-corrected chi connectivity index (χ0v) is 13.8. The molecule has 1 N–H and O–H groups in total. The molecule has 8 heteroatoms. The average molecular weight is 340 g/mol. The van der Waals surface area contributed by atoms with Crippen LogP contribution in [-0.2, 0) is 0 Å². The van der Waals surface area contributed by atoms with Crippen LogP contribution in [0.25, 0.3) is 10.4 Å². The molecule has 2 bridgehead atoms. The van der Waals surface area contributed by atoms with Gasteiger partial charge in [-0.3, -0.25) is 0 Å². The Balaban J connectivity index is 1.68. The van der Waals surface area contributed by atoms with E-state index >= 15 is 0 Å². The highest BCUT2D eigenvalue weighted by atomic mass is 16.4. The van der Waals surface area contributed by atoms with Crippen LogP contribution in [0.3, 0.4) is 0 Å². The number of nitriles is 1. The minimum atomic E-state index is -0.840.